The van der Waals surface area contributed by atoms with Crippen molar-refractivity contribution in [2.75, 3.05) is 7.11 Å². The average molecular weight is 308 g/mol. The van der Waals surface area contributed by atoms with Gasteiger partial charge in [0.25, 0.3) is 0 Å². The van der Waals surface area contributed by atoms with Gasteiger partial charge in [0.1, 0.15) is 5.75 Å². The number of hydrogen-bond acceptors (Lipinski definition) is 3. The van der Waals surface area contributed by atoms with Crippen molar-refractivity contribution in [3.8, 4) is 5.75 Å². The van der Waals surface area contributed by atoms with E-state index in [1.807, 2.05) is 55.5 Å². The Kier molecular flexibility index (Phi) is 5.35. The lowest BCUT2D eigenvalue weighted by atomic mass is 10.1. The Morgan fingerprint density at radius 2 is 1.75 bits per heavy atom. The zero-order valence-electron chi connectivity index (χ0n) is 11.5. The molecule has 106 valence electrons. The molecule has 2 rings (SSSR count). The lowest BCUT2D eigenvalue weighted by molar-refractivity contribution is 0.404. The Labute approximate surface area is 129 Å². The molecular weight excluding hydrogens is 290 g/mol. The standard InChI is InChI=1S/C16H18ClNOS/c1-11(18)16(12-7-3-4-8-13(12)17)20-15-10-6-5-9-14(15)19-2/h3-11,16H,18H2,1-2H3. The summed E-state index contributed by atoms with van der Waals surface area (Å²) in [5, 5.41) is 0.831. The van der Waals surface area contributed by atoms with Crippen molar-refractivity contribution in [3.63, 3.8) is 0 Å². The van der Waals surface area contributed by atoms with Crippen molar-refractivity contribution in [2.24, 2.45) is 5.73 Å². The van der Waals surface area contributed by atoms with Crippen molar-refractivity contribution in [2.45, 2.75) is 23.1 Å². The van der Waals surface area contributed by atoms with Crippen LogP contribution in [0.25, 0.3) is 0 Å². The first-order chi connectivity index (χ1) is 9.63. The average Bonchev–Trinajstić information content (AvgIpc) is 2.46. The summed E-state index contributed by atoms with van der Waals surface area (Å²) < 4.78 is 5.40. The minimum absolute atomic E-state index is 0.0233. The Morgan fingerprint density at radius 3 is 2.40 bits per heavy atom. The molecule has 0 radical (unpaired) electrons. The summed E-state index contributed by atoms with van der Waals surface area (Å²) in [5.74, 6) is 0.857. The quantitative estimate of drug-likeness (QED) is 0.824. The van der Waals surface area contributed by atoms with E-state index >= 15 is 0 Å². The predicted molar refractivity (Wildman–Crippen MR) is 86.7 cm³/mol. The minimum Gasteiger partial charge on any atom is -0.496 e. The molecule has 0 saturated carbocycles. The Bertz CT molecular complexity index is 574. The van der Waals surface area contributed by atoms with Crippen LogP contribution >= 0.6 is 23.4 Å². The highest BCUT2D eigenvalue weighted by Crippen LogP contribution is 2.43. The van der Waals surface area contributed by atoms with Gasteiger partial charge < -0.3 is 10.5 Å². The highest BCUT2D eigenvalue weighted by Gasteiger charge is 2.21. The van der Waals surface area contributed by atoms with Crippen LogP contribution in [0.3, 0.4) is 0 Å². The van der Waals surface area contributed by atoms with Crippen molar-refractivity contribution in [1.29, 1.82) is 0 Å². The molecule has 0 aliphatic rings. The number of benzene rings is 2. The van der Waals surface area contributed by atoms with E-state index in [2.05, 4.69) is 0 Å². The van der Waals surface area contributed by atoms with Crippen LogP contribution in [0.2, 0.25) is 5.02 Å². The summed E-state index contributed by atoms with van der Waals surface area (Å²) in [7, 11) is 1.68. The second kappa shape index (κ2) is 7.02. The van der Waals surface area contributed by atoms with E-state index in [0.717, 1.165) is 21.2 Å². The Morgan fingerprint density at radius 1 is 1.10 bits per heavy atom. The van der Waals surface area contributed by atoms with Gasteiger partial charge in [0.05, 0.1) is 12.4 Å². The molecule has 0 aliphatic carbocycles. The van der Waals surface area contributed by atoms with Crippen LogP contribution < -0.4 is 10.5 Å². The number of halogens is 1. The van der Waals surface area contributed by atoms with Crippen molar-refractivity contribution < 1.29 is 4.74 Å². The fourth-order valence-corrected chi connectivity index (χ4v) is 3.58. The molecule has 0 saturated heterocycles. The lowest BCUT2D eigenvalue weighted by Gasteiger charge is -2.22. The summed E-state index contributed by atoms with van der Waals surface area (Å²) in [6.45, 7) is 2.00. The molecule has 0 aliphatic heterocycles. The number of ether oxygens (including phenoxy) is 1. The first-order valence-corrected chi connectivity index (χ1v) is 7.69. The smallest absolute Gasteiger partial charge is 0.132 e. The molecule has 2 atom stereocenters. The molecule has 2 aromatic rings. The normalized spacial score (nSPS) is 13.8. The fourth-order valence-electron chi connectivity index (χ4n) is 2.01. The van der Waals surface area contributed by atoms with Gasteiger partial charge in [-0.1, -0.05) is 41.9 Å². The third-order valence-corrected chi connectivity index (χ3v) is 4.88. The van der Waals surface area contributed by atoms with Crippen LogP contribution in [0.15, 0.2) is 53.4 Å². The summed E-state index contributed by atoms with van der Waals surface area (Å²) in [4.78, 5) is 1.07. The monoisotopic (exact) mass is 307 g/mol. The van der Waals surface area contributed by atoms with Gasteiger partial charge in [-0.25, -0.2) is 0 Å². The van der Waals surface area contributed by atoms with E-state index in [4.69, 9.17) is 22.1 Å². The molecule has 20 heavy (non-hydrogen) atoms. The summed E-state index contributed by atoms with van der Waals surface area (Å²) in [6, 6.07) is 15.8. The van der Waals surface area contributed by atoms with Gasteiger partial charge in [-0.2, -0.15) is 0 Å². The van der Waals surface area contributed by atoms with Crippen LogP contribution in [-0.4, -0.2) is 13.2 Å². The Hall–Kier alpha value is -1.16. The van der Waals surface area contributed by atoms with Gasteiger partial charge in [-0.3, -0.25) is 0 Å². The highest BCUT2D eigenvalue weighted by molar-refractivity contribution is 7.99. The van der Waals surface area contributed by atoms with Gasteiger partial charge in [-0.15, -0.1) is 11.8 Å². The zero-order chi connectivity index (χ0) is 14.5. The highest BCUT2D eigenvalue weighted by atomic mass is 35.5. The van der Waals surface area contributed by atoms with Gasteiger partial charge in [0, 0.05) is 16.0 Å². The molecule has 2 unspecified atom stereocenters. The topological polar surface area (TPSA) is 35.2 Å². The van der Waals surface area contributed by atoms with Crippen molar-refractivity contribution in [3.05, 3.63) is 59.1 Å². The van der Waals surface area contributed by atoms with Gasteiger partial charge in [-0.05, 0) is 30.7 Å². The molecule has 0 amide bonds. The molecule has 0 fully saturated rings. The van der Waals surface area contributed by atoms with Gasteiger partial charge in [0.2, 0.25) is 0 Å². The number of hydrogen-bond donors (Lipinski definition) is 1. The minimum atomic E-state index is -0.0233. The summed E-state index contributed by atoms with van der Waals surface area (Å²) >= 11 is 7.98. The second-order valence-electron chi connectivity index (χ2n) is 4.57. The maximum absolute atomic E-state index is 6.30. The van der Waals surface area contributed by atoms with Gasteiger partial charge in [0.15, 0.2) is 0 Å². The molecule has 0 bridgehead atoms. The van der Waals surface area contributed by atoms with E-state index in [-0.39, 0.29) is 11.3 Å². The largest absolute Gasteiger partial charge is 0.496 e. The fraction of sp³-hybridized carbons (Fsp3) is 0.250. The third kappa shape index (κ3) is 3.48. The molecule has 2 aromatic carbocycles. The first-order valence-electron chi connectivity index (χ1n) is 6.43. The lowest BCUT2D eigenvalue weighted by Crippen LogP contribution is -2.22. The van der Waals surface area contributed by atoms with Crippen molar-refractivity contribution >= 4 is 23.4 Å². The molecule has 0 spiro atoms. The number of nitrogens with two attached hydrogens (primary N) is 1. The van der Waals surface area contributed by atoms with Crippen LogP contribution in [0.1, 0.15) is 17.7 Å². The SMILES string of the molecule is COc1ccccc1SC(c1ccccc1Cl)C(C)N. The number of rotatable bonds is 5. The zero-order valence-corrected chi connectivity index (χ0v) is 13.1. The number of thioether (sulfide) groups is 1. The predicted octanol–water partition coefficient (Wildman–Crippen LogP) is 4.53. The first kappa shape index (κ1) is 15.2. The third-order valence-electron chi connectivity index (χ3n) is 3.01. The molecular formula is C16H18ClNOS. The Balaban J connectivity index is 2.34. The van der Waals surface area contributed by atoms with Crippen LogP contribution in [0.4, 0.5) is 0 Å². The van der Waals surface area contributed by atoms with Crippen LogP contribution in [0, 0.1) is 0 Å². The van der Waals surface area contributed by atoms with Crippen LogP contribution in [-0.2, 0) is 0 Å². The molecule has 2 N–H and O–H groups in total. The van der Waals surface area contributed by atoms with E-state index in [9.17, 15) is 0 Å². The number of methoxy groups -OCH3 is 1. The second-order valence-corrected chi connectivity index (χ2v) is 6.16. The number of para-hydroxylation sites is 1. The summed E-state index contributed by atoms with van der Waals surface area (Å²) in [6.07, 6.45) is 0. The summed E-state index contributed by atoms with van der Waals surface area (Å²) in [5.41, 5.74) is 7.21. The molecule has 0 heterocycles. The maximum atomic E-state index is 6.30. The van der Waals surface area contributed by atoms with E-state index in [0.29, 0.717) is 0 Å². The van der Waals surface area contributed by atoms with E-state index < -0.39 is 0 Å². The molecule has 4 heteroatoms. The maximum Gasteiger partial charge on any atom is 0.132 e. The molecule has 2 nitrogen and oxygen atoms in total. The van der Waals surface area contributed by atoms with E-state index in [1.54, 1.807) is 18.9 Å². The van der Waals surface area contributed by atoms with Gasteiger partial charge >= 0.3 is 0 Å². The van der Waals surface area contributed by atoms with Crippen molar-refractivity contribution in [1.82, 2.24) is 0 Å². The van der Waals surface area contributed by atoms with Crippen LogP contribution in [0.5, 0.6) is 5.75 Å². The molecule has 0 aromatic heterocycles. The van der Waals surface area contributed by atoms with E-state index in [1.165, 1.54) is 0 Å².